The van der Waals surface area contributed by atoms with Crippen molar-refractivity contribution in [3.63, 3.8) is 0 Å². The second kappa shape index (κ2) is 5.66. The highest BCUT2D eigenvalue weighted by Gasteiger charge is 2.28. The molecule has 1 rings (SSSR count). The fraction of sp³-hybridized carbons (Fsp3) is 1.00. The monoisotopic (exact) mass is 184 g/mol. The van der Waals surface area contributed by atoms with Crippen molar-refractivity contribution in [2.24, 2.45) is 5.92 Å². The largest absolute Gasteiger partial charge is 0.454 e. The van der Waals surface area contributed by atoms with E-state index in [-0.39, 0.29) is 5.82 Å². The minimum atomic E-state index is -1.08. The van der Waals surface area contributed by atoms with Crippen molar-refractivity contribution in [3.8, 4) is 0 Å². The first-order valence-corrected chi connectivity index (χ1v) is 5.60. The molecular weight excluding hydrogens is 163 g/mol. The molecule has 0 amide bonds. The Morgan fingerprint density at radius 2 is 1.77 bits per heavy atom. The highest BCUT2D eigenvalue weighted by molar-refractivity contribution is 6.43. The molecule has 0 unspecified atom stereocenters. The van der Waals surface area contributed by atoms with Gasteiger partial charge in [0.15, 0.2) is 0 Å². The zero-order chi connectivity index (χ0) is 9.68. The van der Waals surface area contributed by atoms with Gasteiger partial charge in [0.05, 0.1) is 0 Å². The van der Waals surface area contributed by atoms with Gasteiger partial charge in [-0.2, -0.15) is 0 Å². The van der Waals surface area contributed by atoms with E-state index in [1.807, 2.05) is 0 Å². The van der Waals surface area contributed by atoms with E-state index in [1.54, 1.807) is 0 Å². The third kappa shape index (κ3) is 3.69. The predicted octanol–water partition coefficient (Wildman–Crippen LogP) is 2.21. The molecule has 0 aliphatic heterocycles. The van der Waals surface area contributed by atoms with Gasteiger partial charge >= 0.3 is 7.12 Å². The zero-order valence-electron chi connectivity index (χ0n) is 8.58. The van der Waals surface area contributed by atoms with E-state index in [0.29, 0.717) is 0 Å². The molecule has 2 nitrogen and oxygen atoms in total. The summed E-state index contributed by atoms with van der Waals surface area (Å²) in [6, 6.07) is 0. The highest BCUT2D eigenvalue weighted by atomic mass is 16.4. The molecule has 2 N–H and O–H groups in total. The molecule has 1 fully saturated rings. The quantitative estimate of drug-likeness (QED) is 0.657. The standard InChI is InChI=1S/C10H21BO2/c1-2-3-4-9-5-7-10(8-6-9)11(12)13/h9-10,12-13H,2-8H2,1H3. The average Bonchev–Trinajstić information content (AvgIpc) is 2.15. The maximum absolute atomic E-state index is 9.00. The maximum Gasteiger partial charge on any atom is 0.454 e. The van der Waals surface area contributed by atoms with Crippen molar-refractivity contribution in [2.45, 2.75) is 57.7 Å². The summed E-state index contributed by atoms with van der Waals surface area (Å²) in [5.41, 5.74) is 0. The molecule has 0 spiro atoms. The highest BCUT2D eigenvalue weighted by Crippen LogP contribution is 2.35. The Bertz CT molecular complexity index is 131. The van der Waals surface area contributed by atoms with Gasteiger partial charge in [0, 0.05) is 0 Å². The molecule has 0 heterocycles. The number of hydrogen-bond donors (Lipinski definition) is 2. The van der Waals surface area contributed by atoms with Crippen LogP contribution in [-0.2, 0) is 0 Å². The van der Waals surface area contributed by atoms with Crippen molar-refractivity contribution < 1.29 is 10.0 Å². The first-order valence-electron chi connectivity index (χ1n) is 5.60. The van der Waals surface area contributed by atoms with Crippen LogP contribution in [0.15, 0.2) is 0 Å². The lowest BCUT2D eigenvalue weighted by Gasteiger charge is -2.27. The van der Waals surface area contributed by atoms with Crippen LogP contribution in [0.5, 0.6) is 0 Å². The summed E-state index contributed by atoms with van der Waals surface area (Å²) in [4.78, 5) is 0. The Labute approximate surface area is 81.5 Å². The first kappa shape index (κ1) is 11.1. The maximum atomic E-state index is 9.00. The molecule has 3 heteroatoms. The van der Waals surface area contributed by atoms with Crippen molar-refractivity contribution in [3.05, 3.63) is 0 Å². The minimum Gasteiger partial charge on any atom is -0.427 e. The molecule has 0 radical (unpaired) electrons. The molecule has 76 valence electrons. The molecule has 0 bridgehead atoms. The second-order valence-corrected chi connectivity index (χ2v) is 4.34. The van der Waals surface area contributed by atoms with Gasteiger partial charge in [0.2, 0.25) is 0 Å². The van der Waals surface area contributed by atoms with Crippen LogP contribution in [0.3, 0.4) is 0 Å². The normalized spacial score (nSPS) is 28.8. The van der Waals surface area contributed by atoms with Crippen LogP contribution in [0.1, 0.15) is 51.9 Å². The van der Waals surface area contributed by atoms with Crippen LogP contribution in [0, 0.1) is 5.92 Å². The minimum absolute atomic E-state index is 0.151. The zero-order valence-corrected chi connectivity index (χ0v) is 8.58. The molecule has 0 aromatic heterocycles. The SMILES string of the molecule is CCCCC1CCC(B(O)O)CC1. The van der Waals surface area contributed by atoms with Gasteiger partial charge in [-0.25, -0.2) is 0 Å². The van der Waals surface area contributed by atoms with Gasteiger partial charge in [-0.15, -0.1) is 0 Å². The Morgan fingerprint density at radius 3 is 2.23 bits per heavy atom. The van der Waals surface area contributed by atoms with Gasteiger partial charge in [-0.3, -0.25) is 0 Å². The van der Waals surface area contributed by atoms with Crippen LogP contribution in [0.2, 0.25) is 5.82 Å². The summed E-state index contributed by atoms with van der Waals surface area (Å²) >= 11 is 0. The molecule has 0 aromatic carbocycles. The topological polar surface area (TPSA) is 40.5 Å². The molecule has 1 saturated carbocycles. The molecule has 0 saturated heterocycles. The third-order valence-electron chi connectivity index (χ3n) is 3.28. The van der Waals surface area contributed by atoms with Crippen LogP contribution in [-0.4, -0.2) is 17.2 Å². The van der Waals surface area contributed by atoms with Crippen LogP contribution >= 0.6 is 0 Å². The molecule has 0 atom stereocenters. The summed E-state index contributed by atoms with van der Waals surface area (Å²) in [6.45, 7) is 2.23. The van der Waals surface area contributed by atoms with E-state index in [9.17, 15) is 0 Å². The van der Waals surface area contributed by atoms with Gasteiger partial charge < -0.3 is 10.0 Å². The van der Waals surface area contributed by atoms with E-state index in [4.69, 9.17) is 10.0 Å². The van der Waals surface area contributed by atoms with E-state index in [2.05, 4.69) is 6.92 Å². The lowest BCUT2D eigenvalue weighted by molar-refractivity contribution is 0.291. The molecule has 1 aliphatic carbocycles. The summed E-state index contributed by atoms with van der Waals surface area (Å²) in [5, 5.41) is 18.0. The Balaban J connectivity index is 2.15. The lowest BCUT2D eigenvalue weighted by atomic mass is 9.63. The first-order chi connectivity index (χ1) is 6.24. The van der Waals surface area contributed by atoms with E-state index < -0.39 is 7.12 Å². The van der Waals surface area contributed by atoms with E-state index >= 15 is 0 Å². The fourth-order valence-electron chi connectivity index (χ4n) is 2.27. The second-order valence-electron chi connectivity index (χ2n) is 4.34. The van der Waals surface area contributed by atoms with E-state index in [0.717, 1.165) is 18.8 Å². The molecule has 13 heavy (non-hydrogen) atoms. The Kier molecular flexibility index (Phi) is 4.82. The summed E-state index contributed by atoms with van der Waals surface area (Å²) in [6.07, 6.45) is 8.35. The van der Waals surface area contributed by atoms with Gasteiger partial charge in [-0.1, -0.05) is 51.9 Å². The summed E-state index contributed by atoms with van der Waals surface area (Å²) < 4.78 is 0. The van der Waals surface area contributed by atoms with Gasteiger partial charge in [0.25, 0.3) is 0 Å². The number of hydrogen-bond acceptors (Lipinski definition) is 2. The number of unbranched alkanes of at least 4 members (excludes halogenated alkanes) is 1. The van der Waals surface area contributed by atoms with Crippen LogP contribution < -0.4 is 0 Å². The molecule has 1 aliphatic rings. The van der Waals surface area contributed by atoms with Gasteiger partial charge in [-0.05, 0) is 11.7 Å². The summed E-state index contributed by atoms with van der Waals surface area (Å²) in [7, 11) is -1.08. The number of rotatable bonds is 4. The predicted molar refractivity (Wildman–Crippen MR) is 55.4 cm³/mol. The van der Waals surface area contributed by atoms with Crippen LogP contribution in [0.4, 0.5) is 0 Å². The fourth-order valence-corrected chi connectivity index (χ4v) is 2.27. The smallest absolute Gasteiger partial charge is 0.427 e. The van der Waals surface area contributed by atoms with Crippen molar-refractivity contribution in [1.82, 2.24) is 0 Å². The Morgan fingerprint density at radius 1 is 1.15 bits per heavy atom. The molecular formula is C10H21BO2. The van der Waals surface area contributed by atoms with Gasteiger partial charge in [0.1, 0.15) is 0 Å². The Hall–Kier alpha value is -0.0151. The molecule has 0 aromatic rings. The van der Waals surface area contributed by atoms with Crippen molar-refractivity contribution in [2.75, 3.05) is 0 Å². The lowest BCUT2D eigenvalue weighted by Crippen LogP contribution is -2.24. The van der Waals surface area contributed by atoms with E-state index in [1.165, 1.54) is 32.1 Å². The average molecular weight is 184 g/mol. The van der Waals surface area contributed by atoms with Crippen LogP contribution in [0.25, 0.3) is 0 Å². The third-order valence-corrected chi connectivity index (χ3v) is 3.28. The summed E-state index contributed by atoms with van der Waals surface area (Å²) in [5.74, 6) is 1.01. The van der Waals surface area contributed by atoms with Crippen molar-refractivity contribution in [1.29, 1.82) is 0 Å². The van der Waals surface area contributed by atoms with Crippen molar-refractivity contribution >= 4 is 7.12 Å².